The molecule has 2 atom stereocenters. The van der Waals surface area contributed by atoms with Crippen molar-refractivity contribution in [1.29, 1.82) is 0 Å². The van der Waals surface area contributed by atoms with Gasteiger partial charge in [-0.05, 0) is 25.0 Å². The molecule has 2 heterocycles. The molecule has 21 heavy (non-hydrogen) atoms. The highest BCUT2D eigenvalue weighted by molar-refractivity contribution is 6.28. The van der Waals surface area contributed by atoms with Crippen molar-refractivity contribution >= 4 is 29.1 Å². The van der Waals surface area contributed by atoms with Gasteiger partial charge in [0, 0.05) is 18.3 Å². The lowest BCUT2D eigenvalue weighted by Crippen LogP contribution is -2.39. The summed E-state index contributed by atoms with van der Waals surface area (Å²) in [6.45, 7) is 2.88. The number of benzene rings is 1. The second kappa shape index (κ2) is 5.53. The zero-order valence-corrected chi connectivity index (χ0v) is 12.6. The maximum absolute atomic E-state index is 11.5. The average Bonchev–Trinajstić information content (AvgIpc) is 3.02. The van der Waals surface area contributed by atoms with Crippen LogP contribution in [-0.2, 0) is 14.9 Å². The van der Waals surface area contributed by atoms with Crippen LogP contribution in [0.25, 0.3) is 0 Å². The Bertz CT molecular complexity index is 626. The molecular weight excluding hydrogens is 288 g/mol. The first-order valence-corrected chi connectivity index (χ1v) is 7.52. The number of nitrogens with zero attached hydrogens (tertiary/aromatic N) is 1. The van der Waals surface area contributed by atoms with E-state index in [1.165, 1.54) is 6.08 Å². The standard InChI is InChI=1S/C16H17ClN2O2/c1-2-21-14(20)8-7-13(17)16-9-10-18-15(16)19-12-6-4-3-5-11(12)16/h3-8,13H,2,9-10H2,1H3,(H,18,19)/b8-7+/t13-,16-/m0/s1. The van der Waals surface area contributed by atoms with Gasteiger partial charge in [0.05, 0.1) is 17.4 Å². The van der Waals surface area contributed by atoms with Gasteiger partial charge in [0.25, 0.3) is 0 Å². The number of carbonyl (C=O) groups is 1. The van der Waals surface area contributed by atoms with Gasteiger partial charge >= 0.3 is 5.97 Å². The highest BCUT2D eigenvalue weighted by atomic mass is 35.5. The fourth-order valence-electron chi connectivity index (χ4n) is 3.06. The number of para-hydroxylation sites is 1. The summed E-state index contributed by atoms with van der Waals surface area (Å²) in [4.78, 5) is 16.0. The molecule has 110 valence electrons. The molecule has 0 unspecified atom stereocenters. The summed E-state index contributed by atoms with van der Waals surface area (Å²) < 4.78 is 4.90. The molecule has 0 amide bonds. The number of rotatable bonds is 4. The molecule has 5 heteroatoms. The first-order chi connectivity index (χ1) is 10.2. The topological polar surface area (TPSA) is 50.7 Å². The molecule has 0 fully saturated rings. The normalized spacial score (nSPS) is 24.2. The molecule has 2 aliphatic heterocycles. The van der Waals surface area contributed by atoms with Crippen LogP contribution in [0.15, 0.2) is 41.4 Å². The molecule has 0 spiro atoms. The fourth-order valence-corrected chi connectivity index (χ4v) is 3.46. The smallest absolute Gasteiger partial charge is 0.330 e. The van der Waals surface area contributed by atoms with Crippen molar-refractivity contribution in [3.8, 4) is 0 Å². The Labute approximate surface area is 128 Å². The Hall–Kier alpha value is -1.81. The summed E-state index contributed by atoms with van der Waals surface area (Å²) in [5, 5.41) is 3.00. The summed E-state index contributed by atoms with van der Waals surface area (Å²) in [7, 11) is 0. The fraction of sp³-hybridized carbons (Fsp3) is 0.375. The third kappa shape index (κ3) is 2.23. The van der Waals surface area contributed by atoms with Gasteiger partial charge in [0.15, 0.2) is 0 Å². The van der Waals surface area contributed by atoms with E-state index in [1.807, 2.05) is 18.2 Å². The van der Waals surface area contributed by atoms with Gasteiger partial charge in [0.2, 0.25) is 0 Å². The summed E-state index contributed by atoms with van der Waals surface area (Å²) in [5.41, 5.74) is 1.84. The van der Waals surface area contributed by atoms with Gasteiger partial charge in [0.1, 0.15) is 5.84 Å². The van der Waals surface area contributed by atoms with E-state index in [0.29, 0.717) is 6.61 Å². The van der Waals surface area contributed by atoms with E-state index in [4.69, 9.17) is 16.3 Å². The SMILES string of the molecule is CCOC(=O)/C=C/[C@H](Cl)[C@@]12CCN=C1Nc1ccccc12. The lowest BCUT2D eigenvalue weighted by Gasteiger charge is -2.28. The minimum atomic E-state index is -0.365. The minimum Gasteiger partial charge on any atom is -0.463 e. The Balaban J connectivity index is 1.92. The molecule has 0 aromatic heterocycles. The quantitative estimate of drug-likeness (QED) is 0.529. The second-order valence-electron chi connectivity index (χ2n) is 5.14. The number of hydrogen-bond donors (Lipinski definition) is 1. The van der Waals surface area contributed by atoms with Crippen molar-refractivity contribution in [3.63, 3.8) is 0 Å². The first kappa shape index (κ1) is 14.1. The van der Waals surface area contributed by atoms with Gasteiger partial charge in [-0.2, -0.15) is 0 Å². The number of allylic oxidation sites excluding steroid dienone is 1. The number of esters is 1. The molecular formula is C16H17ClN2O2. The zero-order valence-electron chi connectivity index (χ0n) is 11.8. The Kier molecular flexibility index (Phi) is 3.72. The number of ether oxygens (including phenoxy) is 1. The Morgan fingerprint density at radius 1 is 1.57 bits per heavy atom. The van der Waals surface area contributed by atoms with Crippen LogP contribution in [0.2, 0.25) is 0 Å². The number of aliphatic imine (C=N–C) groups is 1. The van der Waals surface area contributed by atoms with Crippen molar-refractivity contribution in [2.45, 2.75) is 24.1 Å². The Morgan fingerprint density at radius 3 is 3.19 bits per heavy atom. The van der Waals surface area contributed by atoms with Crippen LogP contribution in [-0.4, -0.2) is 30.3 Å². The summed E-state index contributed by atoms with van der Waals surface area (Å²) in [6.07, 6.45) is 3.96. The molecule has 0 bridgehead atoms. The van der Waals surface area contributed by atoms with Crippen LogP contribution in [0.4, 0.5) is 5.69 Å². The number of nitrogens with one attached hydrogen (secondary N) is 1. The van der Waals surface area contributed by atoms with E-state index in [9.17, 15) is 4.79 Å². The highest BCUT2D eigenvalue weighted by Crippen LogP contribution is 2.48. The summed E-state index contributed by atoms with van der Waals surface area (Å²) in [5.74, 6) is 0.535. The lowest BCUT2D eigenvalue weighted by molar-refractivity contribution is -0.137. The molecule has 1 aromatic carbocycles. The van der Waals surface area contributed by atoms with Crippen LogP contribution in [0.1, 0.15) is 18.9 Å². The first-order valence-electron chi connectivity index (χ1n) is 7.09. The number of anilines is 1. The second-order valence-corrected chi connectivity index (χ2v) is 5.61. The van der Waals surface area contributed by atoms with Crippen molar-refractivity contribution in [2.24, 2.45) is 4.99 Å². The molecule has 0 saturated carbocycles. The summed E-state index contributed by atoms with van der Waals surface area (Å²) in [6, 6.07) is 8.08. The predicted molar refractivity (Wildman–Crippen MR) is 84.1 cm³/mol. The molecule has 1 N–H and O–H groups in total. The maximum atomic E-state index is 11.5. The molecule has 1 aromatic rings. The van der Waals surface area contributed by atoms with Gasteiger partial charge in [-0.25, -0.2) is 4.79 Å². The van der Waals surface area contributed by atoms with Crippen LogP contribution in [0.3, 0.4) is 0 Å². The van der Waals surface area contributed by atoms with Crippen molar-refractivity contribution in [3.05, 3.63) is 42.0 Å². The largest absolute Gasteiger partial charge is 0.463 e. The minimum absolute atomic E-state index is 0.348. The van der Waals surface area contributed by atoms with Crippen molar-refractivity contribution < 1.29 is 9.53 Å². The molecule has 3 rings (SSSR count). The number of alkyl halides is 1. The number of hydrogen-bond acceptors (Lipinski definition) is 4. The van der Waals surface area contributed by atoms with Crippen LogP contribution in [0, 0.1) is 0 Å². The number of amidine groups is 1. The van der Waals surface area contributed by atoms with Crippen molar-refractivity contribution in [2.75, 3.05) is 18.5 Å². The maximum Gasteiger partial charge on any atom is 0.330 e. The van der Waals surface area contributed by atoms with E-state index in [2.05, 4.69) is 16.4 Å². The highest BCUT2D eigenvalue weighted by Gasteiger charge is 2.51. The van der Waals surface area contributed by atoms with E-state index < -0.39 is 0 Å². The molecule has 4 nitrogen and oxygen atoms in total. The monoisotopic (exact) mass is 304 g/mol. The van der Waals surface area contributed by atoms with Crippen LogP contribution in [0.5, 0.6) is 0 Å². The van der Waals surface area contributed by atoms with E-state index in [0.717, 1.165) is 30.1 Å². The molecule has 0 aliphatic carbocycles. The average molecular weight is 305 g/mol. The predicted octanol–water partition coefficient (Wildman–Crippen LogP) is 2.88. The van der Waals surface area contributed by atoms with E-state index in [1.54, 1.807) is 13.0 Å². The third-order valence-corrected chi connectivity index (χ3v) is 4.54. The van der Waals surface area contributed by atoms with E-state index in [-0.39, 0.29) is 16.8 Å². The van der Waals surface area contributed by atoms with Crippen LogP contribution < -0.4 is 5.32 Å². The van der Waals surface area contributed by atoms with Gasteiger partial charge in [-0.1, -0.05) is 24.3 Å². The van der Waals surface area contributed by atoms with Crippen LogP contribution >= 0.6 is 11.6 Å². The molecule has 0 radical (unpaired) electrons. The third-order valence-electron chi connectivity index (χ3n) is 4.02. The summed E-state index contributed by atoms with van der Waals surface area (Å²) >= 11 is 6.64. The number of carbonyl (C=O) groups excluding carboxylic acids is 1. The zero-order chi connectivity index (χ0) is 14.9. The van der Waals surface area contributed by atoms with Gasteiger partial charge in [-0.15, -0.1) is 11.6 Å². The molecule has 0 saturated heterocycles. The van der Waals surface area contributed by atoms with Crippen molar-refractivity contribution in [1.82, 2.24) is 0 Å². The van der Waals surface area contributed by atoms with E-state index >= 15 is 0 Å². The number of halogens is 1. The number of fused-ring (bicyclic) bond motifs is 3. The van der Waals surface area contributed by atoms with Gasteiger partial charge in [-0.3, -0.25) is 4.99 Å². The lowest BCUT2D eigenvalue weighted by atomic mass is 9.76. The molecule has 2 aliphatic rings. The Morgan fingerprint density at radius 2 is 2.38 bits per heavy atom. The van der Waals surface area contributed by atoms with Gasteiger partial charge < -0.3 is 10.1 Å².